The third-order valence-electron chi connectivity index (χ3n) is 5.89. The molecule has 3 fully saturated rings. The van der Waals surface area contributed by atoms with E-state index in [1.165, 1.54) is 19.3 Å². The van der Waals surface area contributed by atoms with Gasteiger partial charge in [-0.25, -0.2) is 4.98 Å². The Balaban J connectivity index is 1.51. The zero-order chi connectivity index (χ0) is 15.3. The van der Waals surface area contributed by atoms with E-state index in [1.807, 2.05) is 26.0 Å². The smallest absolute Gasteiger partial charge is 0.251 e. The molecule has 1 aromatic rings. The van der Waals surface area contributed by atoms with E-state index < -0.39 is 0 Å². The minimum Gasteiger partial charge on any atom is -0.356 e. The van der Waals surface area contributed by atoms with E-state index in [2.05, 4.69) is 15.2 Å². The van der Waals surface area contributed by atoms with Crippen LogP contribution in [0.4, 0.5) is 5.82 Å². The standard InChI is InChI=1S/C18H25N3O/c1-11(2)20-18(22)14-5-6-19-17(8-14)21-9-15-12-3-4-13(7-12)16(15)10-21/h5-6,8,11-13,15-16H,3-4,7,9-10H2,1-2H3,(H,20,22)/t12-,13+,15-,16+. The number of nitrogens with one attached hydrogen (secondary N) is 1. The fraction of sp³-hybridized carbons (Fsp3) is 0.667. The molecular formula is C18H25N3O. The van der Waals surface area contributed by atoms with Gasteiger partial charge in [-0.05, 0) is 68.9 Å². The van der Waals surface area contributed by atoms with Crippen molar-refractivity contribution in [2.45, 2.75) is 39.2 Å². The number of hydrogen-bond acceptors (Lipinski definition) is 3. The molecule has 4 nitrogen and oxygen atoms in total. The SMILES string of the molecule is CC(C)NC(=O)c1ccnc(N2C[C@@H]3[C@@H]4CC[C@@H](C4)[C@@H]3C2)c1. The van der Waals surface area contributed by atoms with Crippen molar-refractivity contribution in [2.75, 3.05) is 18.0 Å². The summed E-state index contributed by atoms with van der Waals surface area (Å²) in [6, 6.07) is 3.92. The van der Waals surface area contributed by atoms with Crippen molar-refractivity contribution in [3.05, 3.63) is 23.9 Å². The summed E-state index contributed by atoms with van der Waals surface area (Å²) in [5, 5.41) is 2.96. The van der Waals surface area contributed by atoms with Gasteiger partial charge in [-0.15, -0.1) is 0 Å². The lowest BCUT2D eigenvalue weighted by molar-refractivity contribution is 0.0943. The minimum atomic E-state index is -0.00175. The van der Waals surface area contributed by atoms with Crippen molar-refractivity contribution in [3.8, 4) is 0 Å². The normalized spacial score (nSPS) is 32.6. The predicted molar refractivity (Wildman–Crippen MR) is 86.9 cm³/mol. The van der Waals surface area contributed by atoms with Crippen LogP contribution in [0.25, 0.3) is 0 Å². The summed E-state index contributed by atoms with van der Waals surface area (Å²) >= 11 is 0. The topological polar surface area (TPSA) is 45.2 Å². The Labute approximate surface area is 132 Å². The molecule has 0 spiro atoms. The van der Waals surface area contributed by atoms with Crippen LogP contribution < -0.4 is 10.2 Å². The number of carbonyl (C=O) groups is 1. The Bertz CT molecular complexity index is 567. The molecule has 2 heterocycles. The van der Waals surface area contributed by atoms with E-state index in [1.54, 1.807) is 6.20 Å². The second-order valence-corrected chi connectivity index (χ2v) is 7.60. The first-order valence-electron chi connectivity index (χ1n) is 8.63. The van der Waals surface area contributed by atoms with Crippen LogP contribution in [-0.2, 0) is 0 Å². The van der Waals surface area contributed by atoms with Gasteiger partial charge in [0.15, 0.2) is 0 Å². The number of pyridine rings is 1. The van der Waals surface area contributed by atoms with Gasteiger partial charge in [-0.3, -0.25) is 4.79 Å². The number of anilines is 1. The molecular weight excluding hydrogens is 274 g/mol. The van der Waals surface area contributed by atoms with Gasteiger partial charge in [0, 0.05) is 30.9 Å². The van der Waals surface area contributed by atoms with E-state index in [-0.39, 0.29) is 11.9 Å². The molecule has 22 heavy (non-hydrogen) atoms. The second-order valence-electron chi connectivity index (χ2n) is 7.60. The summed E-state index contributed by atoms with van der Waals surface area (Å²) in [6.45, 7) is 6.23. The molecule has 2 aliphatic carbocycles. The summed E-state index contributed by atoms with van der Waals surface area (Å²) in [5.74, 6) is 4.62. The molecule has 0 aromatic carbocycles. The summed E-state index contributed by atoms with van der Waals surface area (Å²) in [5.41, 5.74) is 0.721. The van der Waals surface area contributed by atoms with Gasteiger partial charge < -0.3 is 10.2 Å². The largest absolute Gasteiger partial charge is 0.356 e. The number of amides is 1. The average molecular weight is 299 g/mol. The van der Waals surface area contributed by atoms with Crippen LogP contribution in [0, 0.1) is 23.7 Å². The minimum absolute atomic E-state index is 0.00175. The Morgan fingerprint density at radius 2 is 1.95 bits per heavy atom. The zero-order valence-electron chi connectivity index (χ0n) is 13.5. The van der Waals surface area contributed by atoms with E-state index in [9.17, 15) is 4.79 Å². The lowest BCUT2D eigenvalue weighted by atomic mass is 9.82. The molecule has 1 aliphatic heterocycles. The second kappa shape index (κ2) is 5.25. The molecule has 2 saturated carbocycles. The van der Waals surface area contributed by atoms with Gasteiger partial charge in [-0.1, -0.05) is 0 Å². The molecule has 2 bridgehead atoms. The number of hydrogen-bond donors (Lipinski definition) is 1. The Morgan fingerprint density at radius 3 is 2.59 bits per heavy atom. The molecule has 4 rings (SSSR count). The van der Waals surface area contributed by atoms with Crippen LogP contribution in [0.2, 0.25) is 0 Å². The molecule has 1 saturated heterocycles. The third-order valence-corrected chi connectivity index (χ3v) is 5.89. The zero-order valence-corrected chi connectivity index (χ0v) is 13.5. The van der Waals surface area contributed by atoms with Crippen LogP contribution >= 0.6 is 0 Å². The highest BCUT2D eigenvalue weighted by molar-refractivity contribution is 5.95. The number of nitrogens with zero attached hydrogens (tertiary/aromatic N) is 2. The van der Waals surface area contributed by atoms with Gasteiger partial charge in [0.05, 0.1) is 0 Å². The quantitative estimate of drug-likeness (QED) is 0.933. The first-order valence-corrected chi connectivity index (χ1v) is 8.63. The molecule has 1 amide bonds. The average Bonchev–Trinajstić information content (AvgIpc) is 3.19. The van der Waals surface area contributed by atoms with Gasteiger partial charge >= 0.3 is 0 Å². The number of rotatable bonds is 3. The maximum atomic E-state index is 12.2. The van der Waals surface area contributed by atoms with Gasteiger partial charge in [0.1, 0.15) is 5.82 Å². The van der Waals surface area contributed by atoms with Crippen molar-refractivity contribution in [2.24, 2.45) is 23.7 Å². The van der Waals surface area contributed by atoms with Crippen molar-refractivity contribution in [3.63, 3.8) is 0 Å². The maximum absolute atomic E-state index is 12.2. The highest BCUT2D eigenvalue weighted by Crippen LogP contribution is 2.55. The van der Waals surface area contributed by atoms with Crippen molar-refractivity contribution < 1.29 is 4.79 Å². The molecule has 118 valence electrons. The summed E-state index contributed by atoms with van der Waals surface area (Å²) in [7, 11) is 0. The van der Waals surface area contributed by atoms with E-state index in [0.717, 1.165) is 48.1 Å². The molecule has 4 heteroatoms. The highest BCUT2D eigenvalue weighted by atomic mass is 16.1. The molecule has 0 radical (unpaired) electrons. The maximum Gasteiger partial charge on any atom is 0.251 e. The predicted octanol–water partition coefficient (Wildman–Crippen LogP) is 2.70. The molecule has 4 atom stereocenters. The van der Waals surface area contributed by atoms with Gasteiger partial charge in [0.2, 0.25) is 0 Å². The van der Waals surface area contributed by atoms with Crippen LogP contribution in [0.5, 0.6) is 0 Å². The van der Waals surface area contributed by atoms with Gasteiger partial charge in [-0.2, -0.15) is 0 Å². The van der Waals surface area contributed by atoms with Crippen LogP contribution in [0.3, 0.4) is 0 Å². The fourth-order valence-electron chi connectivity index (χ4n) is 4.95. The van der Waals surface area contributed by atoms with Crippen molar-refractivity contribution in [1.82, 2.24) is 10.3 Å². The summed E-state index contributed by atoms with van der Waals surface area (Å²) < 4.78 is 0. The lowest BCUT2D eigenvalue weighted by Crippen LogP contribution is -2.30. The summed E-state index contributed by atoms with van der Waals surface area (Å²) in [4.78, 5) is 19.1. The highest BCUT2D eigenvalue weighted by Gasteiger charge is 2.51. The van der Waals surface area contributed by atoms with Crippen molar-refractivity contribution >= 4 is 11.7 Å². The summed E-state index contributed by atoms with van der Waals surface area (Å²) in [6.07, 6.45) is 6.11. The van der Waals surface area contributed by atoms with Crippen LogP contribution in [-0.4, -0.2) is 30.0 Å². The molecule has 0 unspecified atom stereocenters. The lowest BCUT2D eigenvalue weighted by Gasteiger charge is -2.22. The first-order chi connectivity index (χ1) is 10.6. The van der Waals surface area contributed by atoms with Crippen LogP contribution in [0.1, 0.15) is 43.5 Å². The van der Waals surface area contributed by atoms with Crippen molar-refractivity contribution in [1.29, 1.82) is 0 Å². The van der Waals surface area contributed by atoms with Gasteiger partial charge in [0.25, 0.3) is 5.91 Å². The Morgan fingerprint density at radius 1 is 1.27 bits per heavy atom. The number of carbonyl (C=O) groups excluding carboxylic acids is 1. The third kappa shape index (κ3) is 2.29. The Hall–Kier alpha value is -1.58. The van der Waals surface area contributed by atoms with Crippen LogP contribution in [0.15, 0.2) is 18.3 Å². The molecule has 1 N–H and O–H groups in total. The monoisotopic (exact) mass is 299 g/mol. The molecule has 3 aliphatic rings. The first kappa shape index (κ1) is 14.0. The van der Waals surface area contributed by atoms with E-state index >= 15 is 0 Å². The molecule has 1 aromatic heterocycles. The number of aromatic nitrogens is 1. The fourth-order valence-corrected chi connectivity index (χ4v) is 4.95. The van der Waals surface area contributed by atoms with E-state index in [0.29, 0.717) is 0 Å². The Kier molecular flexibility index (Phi) is 3.35. The number of fused-ring (bicyclic) bond motifs is 5. The van der Waals surface area contributed by atoms with E-state index in [4.69, 9.17) is 0 Å².